The van der Waals surface area contributed by atoms with E-state index in [1.165, 1.54) is 15.6 Å². The predicted molar refractivity (Wildman–Crippen MR) is 104 cm³/mol. The van der Waals surface area contributed by atoms with Gasteiger partial charge in [0.05, 0.1) is 12.2 Å². The van der Waals surface area contributed by atoms with Gasteiger partial charge in [0.25, 0.3) is 5.91 Å². The zero-order valence-corrected chi connectivity index (χ0v) is 16.6. The molecule has 1 aromatic heterocycles. The van der Waals surface area contributed by atoms with E-state index in [1.807, 2.05) is 13.8 Å². The monoisotopic (exact) mass is 390 g/mol. The van der Waals surface area contributed by atoms with Gasteiger partial charge in [-0.05, 0) is 52.0 Å². The molecule has 1 aromatic carbocycles. The fourth-order valence-electron chi connectivity index (χ4n) is 2.56. The lowest BCUT2D eigenvalue weighted by atomic mass is 10.2. The molecule has 0 bridgehead atoms. The van der Waals surface area contributed by atoms with E-state index in [4.69, 9.17) is 11.6 Å². The van der Waals surface area contributed by atoms with E-state index < -0.39 is 11.3 Å². The molecule has 1 heterocycles. The molecule has 8 heteroatoms. The normalized spacial score (nSPS) is 10.7. The average molecular weight is 391 g/mol. The van der Waals surface area contributed by atoms with Crippen molar-refractivity contribution in [2.24, 2.45) is 0 Å². The third-order valence-corrected chi connectivity index (χ3v) is 4.09. The fraction of sp³-hybridized carbons (Fsp3) is 0.368. The Bertz CT molecular complexity index is 891. The number of hydrogen-bond acceptors (Lipinski definition) is 4. The molecule has 7 nitrogen and oxygen atoms in total. The Labute approximate surface area is 162 Å². The van der Waals surface area contributed by atoms with Gasteiger partial charge in [-0.2, -0.15) is 5.10 Å². The Morgan fingerprint density at radius 2 is 1.89 bits per heavy atom. The van der Waals surface area contributed by atoms with Gasteiger partial charge in [-0.1, -0.05) is 11.6 Å². The number of halogens is 1. The first-order valence-electron chi connectivity index (χ1n) is 8.68. The number of nitrogens with one attached hydrogen (secondary N) is 1. The highest BCUT2D eigenvalue weighted by Gasteiger charge is 2.23. The molecule has 2 aromatic rings. The number of carbonyl (C=O) groups is 2. The van der Waals surface area contributed by atoms with Crippen molar-refractivity contribution in [2.45, 2.75) is 33.7 Å². The molecule has 0 aliphatic heterocycles. The van der Waals surface area contributed by atoms with Gasteiger partial charge < -0.3 is 10.2 Å². The highest BCUT2D eigenvalue weighted by atomic mass is 35.5. The number of rotatable bonds is 6. The maximum Gasteiger partial charge on any atom is 0.278 e. The first-order chi connectivity index (χ1) is 12.7. The summed E-state index contributed by atoms with van der Waals surface area (Å²) < 4.78 is 1.51. The lowest BCUT2D eigenvalue weighted by molar-refractivity contribution is -0.122. The number of amides is 2. The number of hydrogen-bond donors (Lipinski definition) is 1. The lowest BCUT2D eigenvalue weighted by Crippen LogP contribution is -2.44. The van der Waals surface area contributed by atoms with E-state index in [2.05, 4.69) is 10.4 Å². The van der Waals surface area contributed by atoms with Crippen LogP contribution in [-0.4, -0.2) is 45.6 Å². The van der Waals surface area contributed by atoms with Crippen LogP contribution in [0.1, 0.15) is 37.0 Å². The highest BCUT2D eigenvalue weighted by Crippen LogP contribution is 2.14. The number of aryl methyl sites for hydroxylation is 1. The van der Waals surface area contributed by atoms with Crippen molar-refractivity contribution in [3.8, 4) is 5.69 Å². The molecule has 2 rings (SSSR count). The van der Waals surface area contributed by atoms with Gasteiger partial charge in [0.15, 0.2) is 5.69 Å². The van der Waals surface area contributed by atoms with E-state index in [0.717, 1.165) is 0 Å². The number of benzene rings is 1. The molecule has 0 spiro atoms. The zero-order chi connectivity index (χ0) is 20.1. The van der Waals surface area contributed by atoms with Crippen LogP contribution in [0.25, 0.3) is 5.69 Å². The van der Waals surface area contributed by atoms with Crippen LogP contribution in [0.15, 0.2) is 35.1 Å². The Morgan fingerprint density at radius 1 is 1.26 bits per heavy atom. The van der Waals surface area contributed by atoms with Crippen molar-refractivity contribution in [2.75, 3.05) is 13.1 Å². The van der Waals surface area contributed by atoms with Gasteiger partial charge in [0.1, 0.15) is 0 Å². The molecule has 27 heavy (non-hydrogen) atoms. The summed E-state index contributed by atoms with van der Waals surface area (Å²) >= 11 is 5.91. The fourth-order valence-corrected chi connectivity index (χ4v) is 2.68. The quantitative estimate of drug-likeness (QED) is 0.819. The molecule has 1 N–H and O–H groups in total. The molecule has 0 aliphatic rings. The molecule has 0 fully saturated rings. The van der Waals surface area contributed by atoms with Gasteiger partial charge in [0, 0.05) is 29.4 Å². The van der Waals surface area contributed by atoms with Crippen LogP contribution in [0.5, 0.6) is 0 Å². The Kier molecular flexibility index (Phi) is 6.74. The van der Waals surface area contributed by atoms with Crippen LogP contribution in [0.3, 0.4) is 0 Å². The predicted octanol–water partition coefficient (Wildman–Crippen LogP) is 2.18. The van der Waals surface area contributed by atoms with Crippen LogP contribution in [0.2, 0.25) is 5.02 Å². The second-order valence-electron chi connectivity index (χ2n) is 6.43. The van der Waals surface area contributed by atoms with Gasteiger partial charge in [-0.15, -0.1) is 0 Å². The second kappa shape index (κ2) is 8.81. The summed E-state index contributed by atoms with van der Waals surface area (Å²) in [6.45, 7) is 7.28. The Balaban J connectivity index is 2.37. The molecule has 0 saturated heterocycles. The molecule has 0 aliphatic carbocycles. The van der Waals surface area contributed by atoms with Crippen LogP contribution in [-0.2, 0) is 4.79 Å². The third-order valence-electron chi connectivity index (χ3n) is 3.83. The molecule has 0 saturated carbocycles. The summed E-state index contributed by atoms with van der Waals surface area (Å²) in [6, 6.07) is 8.21. The van der Waals surface area contributed by atoms with E-state index in [9.17, 15) is 14.4 Å². The minimum atomic E-state index is -0.580. The van der Waals surface area contributed by atoms with Crippen molar-refractivity contribution in [3.63, 3.8) is 0 Å². The summed E-state index contributed by atoms with van der Waals surface area (Å²) in [6.07, 6.45) is 0. The van der Waals surface area contributed by atoms with Crippen molar-refractivity contribution >= 4 is 23.4 Å². The highest BCUT2D eigenvalue weighted by molar-refractivity contribution is 6.30. The van der Waals surface area contributed by atoms with Crippen molar-refractivity contribution in [1.29, 1.82) is 0 Å². The number of nitrogens with zero attached hydrogens (tertiary/aromatic N) is 3. The van der Waals surface area contributed by atoms with Gasteiger partial charge in [-0.3, -0.25) is 14.4 Å². The van der Waals surface area contributed by atoms with E-state index >= 15 is 0 Å². The van der Waals surface area contributed by atoms with Crippen LogP contribution >= 0.6 is 11.6 Å². The molecule has 0 atom stereocenters. The van der Waals surface area contributed by atoms with E-state index in [1.54, 1.807) is 38.1 Å². The van der Waals surface area contributed by atoms with Crippen LogP contribution in [0, 0.1) is 6.92 Å². The van der Waals surface area contributed by atoms with Gasteiger partial charge >= 0.3 is 0 Å². The molecule has 0 unspecified atom stereocenters. The average Bonchev–Trinajstić information content (AvgIpc) is 2.59. The second-order valence-corrected chi connectivity index (χ2v) is 6.86. The molecule has 144 valence electrons. The van der Waals surface area contributed by atoms with Crippen molar-refractivity contribution < 1.29 is 9.59 Å². The minimum Gasteiger partial charge on any atom is -0.352 e. The first kappa shape index (κ1) is 20.6. The summed E-state index contributed by atoms with van der Waals surface area (Å²) in [5.74, 6) is -0.866. The first-order valence-corrected chi connectivity index (χ1v) is 9.06. The number of carbonyl (C=O) groups excluding carboxylic acids is 2. The summed E-state index contributed by atoms with van der Waals surface area (Å²) in [7, 11) is 0. The smallest absolute Gasteiger partial charge is 0.278 e. The van der Waals surface area contributed by atoms with E-state index in [0.29, 0.717) is 16.4 Å². The number of aromatic nitrogens is 2. The summed E-state index contributed by atoms with van der Waals surface area (Å²) in [4.78, 5) is 38.5. The van der Waals surface area contributed by atoms with Crippen LogP contribution in [0.4, 0.5) is 0 Å². The lowest BCUT2D eigenvalue weighted by Gasteiger charge is -2.21. The summed E-state index contributed by atoms with van der Waals surface area (Å²) in [5, 5.41) is 7.55. The molecular formula is C19H23ClN4O3. The van der Waals surface area contributed by atoms with Crippen molar-refractivity contribution in [3.05, 3.63) is 57.0 Å². The Hall–Kier alpha value is -2.67. The zero-order valence-electron chi connectivity index (χ0n) is 15.8. The molecule has 0 radical (unpaired) electrons. The van der Waals surface area contributed by atoms with Gasteiger partial charge in [0.2, 0.25) is 11.3 Å². The topological polar surface area (TPSA) is 84.3 Å². The van der Waals surface area contributed by atoms with Crippen LogP contribution < -0.4 is 10.7 Å². The summed E-state index contributed by atoms with van der Waals surface area (Å²) in [5.41, 5.74) is 0.547. The molecular weight excluding hydrogens is 368 g/mol. The van der Waals surface area contributed by atoms with E-state index in [-0.39, 0.29) is 30.7 Å². The SMILES string of the molecule is CCN(CC(=O)NC(C)C)C(=O)c1nn(-c2ccc(Cl)cc2)c(C)cc1=O. The van der Waals surface area contributed by atoms with Gasteiger partial charge in [-0.25, -0.2) is 4.68 Å². The van der Waals surface area contributed by atoms with Crippen molar-refractivity contribution in [1.82, 2.24) is 20.0 Å². The number of likely N-dealkylation sites (N-methyl/N-ethyl adjacent to an activating group) is 1. The molecule has 2 amide bonds. The third kappa shape index (κ3) is 5.17. The Morgan fingerprint density at radius 3 is 2.44 bits per heavy atom. The standard InChI is InChI=1S/C19H23ClN4O3/c1-5-23(11-17(26)21-12(2)3)19(27)18-16(25)10-13(4)24(22-18)15-8-6-14(20)7-9-15/h6-10,12H,5,11H2,1-4H3,(H,21,26). The maximum absolute atomic E-state index is 12.8. The largest absolute Gasteiger partial charge is 0.352 e. The minimum absolute atomic E-state index is 0.0362. The maximum atomic E-state index is 12.8.